The van der Waals surface area contributed by atoms with Crippen molar-refractivity contribution in [2.24, 2.45) is 0 Å². The first-order valence-corrected chi connectivity index (χ1v) is 11.2. The van der Waals surface area contributed by atoms with Crippen LogP contribution >= 0.6 is 0 Å². The minimum absolute atomic E-state index is 0.670. The van der Waals surface area contributed by atoms with Crippen molar-refractivity contribution in [3.05, 3.63) is 18.6 Å². The van der Waals surface area contributed by atoms with Gasteiger partial charge in [-0.1, -0.05) is 19.4 Å². The molecule has 0 aliphatic carbocycles. The fourth-order valence-electron chi connectivity index (χ4n) is 4.01. The van der Waals surface area contributed by atoms with Gasteiger partial charge >= 0.3 is 0 Å². The van der Waals surface area contributed by atoms with Crippen LogP contribution in [-0.2, 0) is 16.0 Å². The van der Waals surface area contributed by atoms with Crippen molar-refractivity contribution in [3.63, 3.8) is 0 Å². The number of fused-ring (bicyclic) bond motifs is 1. The maximum Gasteiger partial charge on any atom is 0.229 e. The Labute approximate surface area is 182 Å². The van der Waals surface area contributed by atoms with E-state index in [1.54, 1.807) is 0 Å². The zero-order chi connectivity index (χ0) is 21.5. The number of aryl methyl sites for hydroxylation is 1. The number of hydroxylamine groups is 1. The highest BCUT2D eigenvalue weighted by molar-refractivity contribution is 5.85. The molecule has 0 spiro atoms. The van der Waals surface area contributed by atoms with Gasteiger partial charge in [-0.25, -0.2) is 4.98 Å². The Morgan fingerprint density at radius 1 is 0.968 bits per heavy atom. The van der Waals surface area contributed by atoms with Crippen LogP contribution in [0.5, 0.6) is 0 Å². The number of ether oxygens (including phenoxy) is 2. The number of hydrogen-bond acceptors (Lipinski definition) is 9. The second-order valence-electron chi connectivity index (χ2n) is 8.04. The molecule has 2 aromatic heterocycles. The highest BCUT2D eigenvalue weighted by Crippen LogP contribution is 2.27. The molecule has 0 bridgehead atoms. The second kappa shape index (κ2) is 10.7. The first-order chi connectivity index (χ1) is 15.3. The third-order valence-electron chi connectivity index (χ3n) is 5.82. The number of anilines is 2. The second-order valence-corrected chi connectivity index (χ2v) is 8.04. The molecule has 2 fully saturated rings. The van der Waals surface area contributed by atoms with E-state index in [-0.39, 0.29) is 0 Å². The minimum Gasteiger partial charge on any atom is -0.378 e. The monoisotopic (exact) mass is 431 g/mol. The number of nitrogens with zero attached hydrogens (tertiary/aromatic N) is 6. The fraction of sp³-hybridized carbons (Fsp3) is 0.667. The molecule has 0 saturated carbocycles. The molecule has 31 heavy (non-hydrogen) atoms. The lowest BCUT2D eigenvalue weighted by molar-refractivity contribution is 0.121. The van der Waals surface area contributed by atoms with E-state index in [9.17, 15) is 0 Å². The summed E-state index contributed by atoms with van der Waals surface area (Å²) in [6.45, 7) is 10.7. The number of morpholine rings is 2. The van der Waals surface area contributed by atoms with Gasteiger partial charge in [-0.15, -0.1) is 0 Å². The molecule has 2 saturated heterocycles. The lowest BCUT2D eigenvalue weighted by Gasteiger charge is -2.30. The van der Waals surface area contributed by atoms with E-state index in [1.165, 1.54) is 0 Å². The number of aromatic nitrogens is 4. The molecule has 0 amide bonds. The predicted octanol–water partition coefficient (Wildman–Crippen LogP) is 1.94. The van der Waals surface area contributed by atoms with Gasteiger partial charge in [0, 0.05) is 38.4 Å². The Morgan fingerprint density at radius 3 is 2.35 bits per heavy atom. The molecule has 2 aliphatic heterocycles. The third kappa shape index (κ3) is 5.44. The summed E-state index contributed by atoms with van der Waals surface area (Å²) in [7, 11) is 0. The van der Waals surface area contributed by atoms with Crippen LogP contribution in [0.4, 0.5) is 11.8 Å². The maximum absolute atomic E-state index is 8.80. The topological polar surface area (TPSA) is 101 Å². The van der Waals surface area contributed by atoms with Gasteiger partial charge < -0.3 is 23.8 Å². The van der Waals surface area contributed by atoms with Crippen LogP contribution in [0.15, 0.2) is 18.6 Å². The summed E-state index contributed by atoms with van der Waals surface area (Å²) in [6, 6.07) is 0. The third-order valence-corrected chi connectivity index (χ3v) is 5.82. The van der Waals surface area contributed by atoms with Gasteiger partial charge in [0.05, 0.1) is 32.8 Å². The number of hydrogen-bond donors (Lipinski definition) is 2. The molecular weight excluding hydrogens is 398 g/mol. The Hall–Kier alpha value is -2.43. The lowest BCUT2D eigenvalue weighted by Crippen LogP contribution is -2.39. The zero-order valence-electron chi connectivity index (χ0n) is 18.1. The van der Waals surface area contributed by atoms with Crippen LogP contribution < -0.4 is 15.3 Å². The Morgan fingerprint density at radius 2 is 1.65 bits per heavy atom. The SMILES string of the molecule is C=C(CCCCCCn1cnc2c(N3CCOCC3)nc(N3CCOCC3)nc21)NO. The molecule has 170 valence electrons. The summed E-state index contributed by atoms with van der Waals surface area (Å²) in [4.78, 5) is 19.0. The number of nitrogens with one attached hydrogen (secondary N) is 1. The Bertz CT molecular complexity index is 860. The number of rotatable bonds is 10. The molecule has 10 heteroatoms. The van der Waals surface area contributed by atoms with Crippen molar-refractivity contribution in [3.8, 4) is 0 Å². The maximum atomic E-state index is 8.80. The summed E-state index contributed by atoms with van der Waals surface area (Å²) >= 11 is 0. The van der Waals surface area contributed by atoms with Crippen molar-refractivity contribution in [1.29, 1.82) is 0 Å². The van der Waals surface area contributed by atoms with E-state index in [4.69, 9.17) is 29.6 Å². The Balaban J connectivity index is 1.49. The minimum atomic E-state index is 0.670. The molecule has 2 aromatic rings. The molecular formula is C21H33N7O3. The molecule has 0 unspecified atom stereocenters. The van der Waals surface area contributed by atoms with Gasteiger partial charge in [0.25, 0.3) is 0 Å². The van der Waals surface area contributed by atoms with Crippen LogP contribution in [0.3, 0.4) is 0 Å². The molecule has 0 aromatic carbocycles. The van der Waals surface area contributed by atoms with Gasteiger partial charge in [0.2, 0.25) is 5.95 Å². The molecule has 4 rings (SSSR count). The van der Waals surface area contributed by atoms with Crippen LogP contribution in [0.25, 0.3) is 11.2 Å². The van der Waals surface area contributed by atoms with E-state index < -0.39 is 0 Å². The zero-order valence-corrected chi connectivity index (χ0v) is 18.1. The first-order valence-electron chi connectivity index (χ1n) is 11.2. The first kappa shape index (κ1) is 21.8. The standard InChI is InChI=1S/C21H33N7O3/c1-17(25-29)6-4-2-3-5-7-28-16-22-18-19(26-8-12-30-13-9-26)23-21(24-20(18)28)27-10-14-31-15-11-27/h16,25,29H,1-15H2. The highest BCUT2D eigenvalue weighted by Gasteiger charge is 2.23. The van der Waals surface area contributed by atoms with Crippen molar-refractivity contribution in [2.45, 2.75) is 38.6 Å². The highest BCUT2D eigenvalue weighted by atomic mass is 16.5. The van der Waals surface area contributed by atoms with Crippen molar-refractivity contribution in [2.75, 3.05) is 62.4 Å². The number of allylic oxidation sites excluding steroid dienone is 1. The van der Waals surface area contributed by atoms with E-state index in [0.29, 0.717) is 32.1 Å². The molecule has 10 nitrogen and oxygen atoms in total. The number of imidazole rings is 1. The van der Waals surface area contributed by atoms with E-state index in [2.05, 4.69) is 26.4 Å². The summed E-state index contributed by atoms with van der Waals surface area (Å²) < 4.78 is 13.2. The fourth-order valence-corrected chi connectivity index (χ4v) is 4.01. The lowest BCUT2D eigenvalue weighted by atomic mass is 10.1. The van der Waals surface area contributed by atoms with Crippen LogP contribution in [0.2, 0.25) is 0 Å². The van der Waals surface area contributed by atoms with Gasteiger partial charge in [-0.2, -0.15) is 9.97 Å². The Kier molecular flexibility index (Phi) is 7.55. The molecule has 2 aliphatic rings. The summed E-state index contributed by atoms with van der Waals surface area (Å²) in [5, 5.41) is 8.80. The smallest absolute Gasteiger partial charge is 0.229 e. The van der Waals surface area contributed by atoms with Crippen LogP contribution in [0, 0.1) is 0 Å². The largest absolute Gasteiger partial charge is 0.378 e. The number of unbranched alkanes of at least 4 members (excludes halogenated alkanes) is 3. The molecule has 4 heterocycles. The van der Waals surface area contributed by atoms with E-state index in [1.807, 2.05) is 6.33 Å². The van der Waals surface area contributed by atoms with Crippen LogP contribution in [0.1, 0.15) is 32.1 Å². The van der Waals surface area contributed by atoms with Crippen molar-refractivity contribution >= 4 is 22.9 Å². The van der Waals surface area contributed by atoms with Crippen molar-refractivity contribution < 1.29 is 14.7 Å². The quantitative estimate of drug-likeness (QED) is 0.432. The van der Waals surface area contributed by atoms with E-state index in [0.717, 1.165) is 87.8 Å². The summed E-state index contributed by atoms with van der Waals surface area (Å²) in [6.07, 6.45) is 6.96. The van der Waals surface area contributed by atoms with Crippen LogP contribution in [-0.4, -0.2) is 77.3 Å². The molecule has 2 N–H and O–H groups in total. The molecule has 0 radical (unpaired) electrons. The average Bonchev–Trinajstić information content (AvgIpc) is 3.24. The van der Waals surface area contributed by atoms with Crippen molar-refractivity contribution in [1.82, 2.24) is 25.0 Å². The van der Waals surface area contributed by atoms with Gasteiger partial charge in [-0.3, -0.25) is 10.7 Å². The van der Waals surface area contributed by atoms with Gasteiger partial charge in [0.15, 0.2) is 17.0 Å². The average molecular weight is 432 g/mol. The van der Waals surface area contributed by atoms with Gasteiger partial charge in [0.1, 0.15) is 0 Å². The van der Waals surface area contributed by atoms with Gasteiger partial charge in [-0.05, 0) is 19.3 Å². The summed E-state index contributed by atoms with van der Waals surface area (Å²) in [5.41, 5.74) is 4.55. The van der Waals surface area contributed by atoms with E-state index >= 15 is 0 Å². The predicted molar refractivity (Wildman–Crippen MR) is 119 cm³/mol. The summed E-state index contributed by atoms with van der Waals surface area (Å²) in [5.74, 6) is 1.66. The molecule has 0 atom stereocenters. The normalized spacial score (nSPS) is 17.3.